The van der Waals surface area contributed by atoms with E-state index in [1.807, 2.05) is 0 Å². The molecule has 0 radical (unpaired) electrons. The summed E-state index contributed by atoms with van der Waals surface area (Å²) in [7, 11) is 2.05. The van der Waals surface area contributed by atoms with Gasteiger partial charge in [-0.15, -0.1) is 0 Å². The second kappa shape index (κ2) is 4.87. The maximum atomic E-state index is 13.1. The molecule has 1 aromatic rings. The minimum Gasteiger partial charge on any atom is -0.395 e. The zero-order valence-corrected chi connectivity index (χ0v) is 9.84. The molecule has 94 valence electrons. The van der Waals surface area contributed by atoms with Gasteiger partial charge in [0.25, 0.3) is 0 Å². The molecule has 1 saturated carbocycles. The molecule has 0 atom stereocenters. The Balaban J connectivity index is 1.89. The molecule has 3 N–H and O–H groups in total. The highest BCUT2D eigenvalue weighted by Crippen LogP contribution is 2.25. The predicted octanol–water partition coefficient (Wildman–Crippen LogP) is 2.05. The lowest BCUT2D eigenvalue weighted by Crippen LogP contribution is -2.27. The van der Waals surface area contributed by atoms with E-state index in [0.29, 0.717) is 18.3 Å². The van der Waals surface area contributed by atoms with E-state index >= 15 is 0 Å². The van der Waals surface area contributed by atoms with Crippen LogP contribution in [0.5, 0.6) is 0 Å². The van der Waals surface area contributed by atoms with Crippen molar-refractivity contribution in [3.05, 3.63) is 23.8 Å². The molecule has 17 heavy (non-hydrogen) atoms. The fourth-order valence-electron chi connectivity index (χ4n) is 1.80. The van der Waals surface area contributed by atoms with E-state index in [9.17, 15) is 8.78 Å². The third-order valence-electron chi connectivity index (χ3n) is 3.04. The molecular formula is C12H17F2N3. The predicted molar refractivity (Wildman–Crippen MR) is 64.9 cm³/mol. The van der Waals surface area contributed by atoms with E-state index in [1.165, 1.54) is 18.9 Å². The van der Waals surface area contributed by atoms with Gasteiger partial charge in [0.1, 0.15) is 5.82 Å². The molecule has 0 bridgehead atoms. The molecule has 0 aromatic heterocycles. The van der Waals surface area contributed by atoms with Crippen LogP contribution in [0.25, 0.3) is 0 Å². The van der Waals surface area contributed by atoms with E-state index in [-0.39, 0.29) is 5.69 Å². The zero-order valence-electron chi connectivity index (χ0n) is 9.84. The number of rotatable bonds is 5. The summed E-state index contributed by atoms with van der Waals surface area (Å²) in [6.45, 7) is 1.46. The summed E-state index contributed by atoms with van der Waals surface area (Å²) >= 11 is 0. The van der Waals surface area contributed by atoms with E-state index in [2.05, 4.69) is 17.3 Å². The SMILES string of the molecule is CN(CCNc1cc(F)cc(F)c1N)C1CC1. The Labute approximate surface area is 99.6 Å². The van der Waals surface area contributed by atoms with Gasteiger partial charge in [-0.25, -0.2) is 8.78 Å². The number of likely N-dealkylation sites (N-methyl/N-ethyl adjacent to an activating group) is 1. The van der Waals surface area contributed by atoms with Gasteiger partial charge in [0.2, 0.25) is 0 Å². The molecule has 0 unspecified atom stereocenters. The van der Waals surface area contributed by atoms with Crippen LogP contribution in [0.4, 0.5) is 20.2 Å². The number of nitrogens with two attached hydrogens (primary N) is 1. The fourth-order valence-corrected chi connectivity index (χ4v) is 1.80. The van der Waals surface area contributed by atoms with Crippen molar-refractivity contribution < 1.29 is 8.78 Å². The van der Waals surface area contributed by atoms with Crippen molar-refractivity contribution in [3.8, 4) is 0 Å². The topological polar surface area (TPSA) is 41.3 Å². The number of halogens is 2. The smallest absolute Gasteiger partial charge is 0.151 e. The van der Waals surface area contributed by atoms with Crippen LogP contribution in [0.1, 0.15) is 12.8 Å². The van der Waals surface area contributed by atoms with Gasteiger partial charge in [-0.05, 0) is 26.0 Å². The van der Waals surface area contributed by atoms with Gasteiger partial charge >= 0.3 is 0 Å². The van der Waals surface area contributed by atoms with Crippen LogP contribution in [0.3, 0.4) is 0 Å². The summed E-state index contributed by atoms with van der Waals surface area (Å²) in [4.78, 5) is 2.23. The maximum Gasteiger partial charge on any atom is 0.151 e. The van der Waals surface area contributed by atoms with Crippen molar-refractivity contribution in [2.45, 2.75) is 18.9 Å². The van der Waals surface area contributed by atoms with E-state index < -0.39 is 11.6 Å². The minimum absolute atomic E-state index is 0.0273. The second-order valence-corrected chi connectivity index (χ2v) is 4.49. The summed E-state index contributed by atoms with van der Waals surface area (Å²) in [5, 5.41) is 2.96. The number of anilines is 2. The summed E-state index contributed by atoms with van der Waals surface area (Å²) < 4.78 is 26.1. The van der Waals surface area contributed by atoms with Crippen molar-refractivity contribution in [2.75, 3.05) is 31.2 Å². The molecule has 0 heterocycles. The highest BCUT2D eigenvalue weighted by Gasteiger charge is 2.25. The highest BCUT2D eigenvalue weighted by atomic mass is 19.1. The molecule has 1 aliphatic rings. The Morgan fingerprint density at radius 2 is 2.12 bits per heavy atom. The molecule has 0 saturated heterocycles. The highest BCUT2D eigenvalue weighted by molar-refractivity contribution is 5.66. The normalized spacial score (nSPS) is 15.3. The maximum absolute atomic E-state index is 13.1. The van der Waals surface area contributed by atoms with Crippen LogP contribution in [0, 0.1) is 11.6 Å². The number of nitrogens with one attached hydrogen (secondary N) is 1. The van der Waals surface area contributed by atoms with Crippen LogP contribution in [-0.2, 0) is 0 Å². The van der Waals surface area contributed by atoms with Gasteiger partial charge in [0, 0.05) is 25.2 Å². The van der Waals surface area contributed by atoms with Crippen LogP contribution in [0.15, 0.2) is 12.1 Å². The third kappa shape index (κ3) is 3.06. The standard InChI is InChI=1S/C12H17F2N3/c1-17(9-2-3-9)5-4-16-11-7-8(13)6-10(14)12(11)15/h6-7,9,16H,2-5,15H2,1H3. The summed E-state index contributed by atoms with van der Waals surface area (Å²) in [6, 6.07) is 2.69. The number of nitrogen functional groups attached to an aromatic ring is 1. The van der Waals surface area contributed by atoms with Crippen molar-refractivity contribution in [1.82, 2.24) is 4.90 Å². The molecule has 1 fully saturated rings. The molecule has 2 rings (SSSR count). The Kier molecular flexibility index (Phi) is 3.47. The average Bonchev–Trinajstić information content (AvgIpc) is 3.08. The summed E-state index contributed by atoms with van der Waals surface area (Å²) in [5.74, 6) is -1.34. The van der Waals surface area contributed by atoms with Gasteiger partial charge in [0.15, 0.2) is 5.82 Å². The Morgan fingerprint density at radius 1 is 1.41 bits per heavy atom. The van der Waals surface area contributed by atoms with Crippen LogP contribution < -0.4 is 11.1 Å². The first-order valence-corrected chi connectivity index (χ1v) is 5.76. The van der Waals surface area contributed by atoms with Crippen LogP contribution in [0.2, 0.25) is 0 Å². The average molecular weight is 241 g/mol. The number of nitrogens with zero attached hydrogens (tertiary/aromatic N) is 1. The first-order valence-electron chi connectivity index (χ1n) is 5.76. The number of hydrogen-bond acceptors (Lipinski definition) is 3. The molecule has 5 heteroatoms. The van der Waals surface area contributed by atoms with Crippen molar-refractivity contribution in [3.63, 3.8) is 0 Å². The lowest BCUT2D eigenvalue weighted by molar-refractivity contribution is 0.337. The van der Waals surface area contributed by atoms with Crippen molar-refractivity contribution >= 4 is 11.4 Å². The van der Waals surface area contributed by atoms with E-state index in [0.717, 1.165) is 12.6 Å². The van der Waals surface area contributed by atoms with Gasteiger partial charge in [-0.1, -0.05) is 0 Å². The number of benzene rings is 1. The molecule has 1 aliphatic carbocycles. The molecule has 0 amide bonds. The Morgan fingerprint density at radius 3 is 2.76 bits per heavy atom. The quantitative estimate of drug-likeness (QED) is 0.775. The third-order valence-corrected chi connectivity index (χ3v) is 3.04. The molecule has 0 aliphatic heterocycles. The largest absolute Gasteiger partial charge is 0.395 e. The molecule has 1 aromatic carbocycles. The minimum atomic E-state index is -0.719. The second-order valence-electron chi connectivity index (χ2n) is 4.49. The fraction of sp³-hybridized carbons (Fsp3) is 0.500. The zero-order chi connectivity index (χ0) is 12.4. The molecule has 0 spiro atoms. The monoisotopic (exact) mass is 241 g/mol. The Hall–Kier alpha value is -1.36. The van der Waals surface area contributed by atoms with Crippen molar-refractivity contribution in [1.29, 1.82) is 0 Å². The van der Waals surface area contributed by atoms with Gasteiger partial charge in [0.05, 0.1) is 11.4 Å². The first kappa shape index (κ1) is 12.1. The van der Waals surface area contributed by atoms with E-state index in [1.54, 1.807) is 0 Å². The van der Waals surface area contributed by atoms with E-state index in [4.69, 9.17) is 5.73 Å². The first-order chi connectivity index (χ1) is 8.08. The lowest BCUT2D eigenvalue weighted by Gasteiger charge is -2.17. The van der Waals surface area contributed by atoms with Crippen LogP contribution in [-0.4, -0.2) is 31.1 Å². The Bertz CT molecular complexity index is 405. The van der Waals surface area contributed by atoms with Gasteiger partial charge in [-0.2, -0.15) is 0 Å². The number of hydrogen-bond donors (Lipinski definition) is 2. The van der Waals surface area contributed by atoms with Crippen LogP contribution >= 0.6 is 0 Å². The lowest BCUT2D eigenvalue weighted by atomic mass is 10.2. The molecular weight excluding hydrogens is 224 g/mol. The van der Waals surface area contributed by atoms with Gasteiger partial charge in [-0.3, -0.25) is 0 Å². The summed E-state index contributed by atoms with van der Waals surface area (Å²) in [5.41, 5.74) is 5.82. The summed E-state index contributed by atoms with van der Waals surface area (Å²) in [6.07, 6.45) is 2.49. The van der Waals surface area contributed by atoms with Crippen molar-refractivity contribution in [2.24, 2.45) is 0 Å². The van der Waals surface area contributed by atoms with Gasteiger partial charge < -0.3 is 16.0 Å². The molecule has 3 nitrogen and oxygen atoms in total.